The molecule has 2 N–H and O–H groups in total. The highest BCUT2D eigenvalue weighted by atomic mass is 35.5. The lowest BCUT2D eigenvalue weighted by Gasteiger charge is -2.08. The number of hydrogen-bond donors (Lipinski definition) is 2. The number of hydrogen-bond acceptors (Lipinski definition) is 3. The van der Waals surface area contributed by atoms with Gasteiger partial charge in [0.15, 0.2) is 5.69 Å². The predicted molar refractivity (Wildman–Crippen MR) is 50.3 cm³/mol. The van der Waals surface area contributed by atoms with Crippen molar-refractivity contribution in [3.05, 3.63) is 16.9 Å². The molecule has 0 saturated carbocycles. The van der Waals surface area contributed by atoms with E-state index in [1.807, 2.05) is 0 Å². The molecule has 0 aliphatic carbocycles. The number of ether oxygens (including phenoxy) is 1. The fourth-order valence-electron chi connectivity index (χ4n) is 1.32. The number of H-pyrrole nitrogens is 1. The summed E-state index contributed by atoms with van der Waals surface area (Å²) in [7, 11) is 0. The number of nitrogens with zero attached hydrogens (tertiary/aromatic N) is 1. The van der Waals surface area contributed by atoms with Crippen LogP contribution in [-0.2, 0) is 4.74 Å². The number of rotatable bonds is 2. The Morgan fingerprint density at radius 3 is 3.21 bits per heavy atom. The van der Waals surface area contributed by atoms with Crippen molar-refractivity contribution >= 4 is 17.5 Å². The van der Waals surface area contributed by atoms with E-state index in [2.05, 4.69) is 15.5 Å². The van der Waals surface area contributed by atoms with Crippen LogP contribution in [0.5, 0.6) is 0 Å². The molecule has 2 heterocycles. The monoisotopic (exact) mass is 215 g/mol. The van der Waals surface area contributed by atoms with Crippen molar-refractivity contribution in [2.45, 2.75) is 12.5 Å². The molecule has 0 spiro atoms. The summed E-state index contributed by atoms with van der Waals surface area (Å²) in [4.78, 5) is 11.5. The molecule has 76 valence electrons. The van der Waals surface area contributed by atoms with Crippen molar-refractivity contribution in [1.29, 1.82) is 0 Å². The maximum atomic E-state index is 11.5. The molecule has 1 aliphatic rings. The van der Waals surface area contributed by atoms with Crippen molar-refractivity contribution in [3.63, 3.8) is 0 Å². The van der Waals surface area contributed by atoms with Crippen LogP contribution in [0.1, 0.15) is 16.9 Å². The van der Waals surface area contributed by atoms with Crippen molar-refractivity contribution in [2.24, 2.45) is 0 Å². The maximum absolute atomic E-state index is 11.5. The average molecular weight is 216 g/mol. The third kappa shape index (κ3) is 2.05. The van der Waals surface area contributed by atoms with Gasteiger partial charge in [0.2, 0.25) is 0 Å². The molecular weight excluding hydrogens is 206 g/mol. The zero-order valence-corrected chi connectivity index (χ0v) is 8.17. The minimum Gasteiger partial charge on any atom is -0.379 e. The van der Waals surface area contributed by atoms with Gasteiger partial charge in [0.1, 0.15) is 5.15 Å². The minimum atomic E-state index is -0.219. The number of aromatic amines is 1. The standard InChI is InChI=1S/C8H10ClN3O2/c9-7-3-6(11-12-7)8(13)10-5-1-2-14-4-5/h3,5H,1-2,4H2,(H,10,13)(H,11,12). The lowest BCUT2D eigenvalue weighted by molar-refractivity contribution is 0.0925. The molecule has 1 aliphatic heterocycles. The topological polar surface area (TPSA) is 67.0 Å². The fourth-order valence-corrected chi connectivity index (χ4v) is 1.47. The second kappa shape index (κ2) is 3.98. The number of nitrogens with one attached hydrogen (secondary N) is 2. The van der Waals surface area contributed by atoms with E-state index in [1.54, 1.807) is 0 Å². The van der Waals surface area contributed by atoms with E-state index in [0.29, 0.717) is 24.1 Å². The van der Waals surface area contributed by atoms with Gasteiger partial charge in [-0.2, -0.15) is 5.10 Å². The molecule has 1 saturated heterocycles. The van der Waals surface area contributed by atoms with Gasteiger partial charge in [0, 0.05) is 12.7 Å². The van der Waals surface area contributed by atoms with Crippen LogP contribution in [0.3, 0.4) is 0 Å². The van der Waals surface area contributed by atoms with Gasteiger partial charge in [-0.05, 0) is 6.42 Å². The largest absolute Gasteiger partial charge is 0.379 e. The summed E-state index contributed by atoms with van der Waals surface area (Å²) in [5.41, 5.74) is 0.307. The summed E-state index contributed by atoms with van der Waals surface area (Å²) in [6.07, 6.45) is 0.851. The summed E-state index contributed by atoms with van der Waals surface area (Å²) in [6.45, 7) is 1.27. The summed E-state index contributed by atoms with van der Waals surface area (Å²) >= 11 is 5.60. The Morgan fingerprint density at radius 2 is 2.64 bits per heavy atom. The van der Waals surface area contributed by atoms with Crippen LogP contribution in [0, 0.1) is 0 Å². The summed E-state index contributed by atoms with van der Waals surface area (Å²) < 4.78 is 5.13. The second-order valence-electron chi connectivity index (χ2n) is 3.14. The van der Waals surface area contributed by atoms with Crippen molar-refractivity contribution in [3.8, 4) is 0 Å². The zero-order chi connectivity index (χ0) is 9.97. The first-order chi connectivity index (χ1) is 6.75. The molecule has 2 rings (SSSR count). The molecule has 5 nitrogen and oxygen atoms in total. The third-order valence-corrected chi connectivity index (χ3v) is 2.24. The van der Waals surface area contributed by atoms with E-state index >= 15 is 0 Å². The third-order valence-electron chi connectivity index (χ3n) is 2.04. The summed E-state index contributed by atoms with van der Waals surface area (Å²) in [5.74, 6) is -0.219. The average Bonchev–Trinajstić information content (AvgIpc) is 2.75. The van der Waals surface area contributed by atoms with E-state index < -0.39 is 0 Å². The highest BCUT2D eigenvalue weighted by Crippen LogP contribution is 2.07. The van der Waals surface area contributed by atoms with Crippen LogP contribution in [-0.4, -0.2) is 35.4 Å². The van der Waals surface area contributed by atoms with Gasteiger partial charge in [-0.25, -0.2) is 0 Å². The molecule has 0 bridgehead atoms. The second-order valence-corrected chi connectivity index (χ2v) is 3.54. The van der Waals surface area contributed by atoms with E-state index in [-0.39, 0.29) is 11.9 Å². The molecule has 14 heavy (non-hydrogen) atoms. The Kier molecular flexibility index (Phi) is 2.69. The molecule has 1 aromatic heterocycles. The number of carbonyl (C=O) groups excluding carboxylic acids is 1. The molecular formula is C8H10ClN3O2. The zero-order valence-electron chi connectivity index (χ0n) is 7.42. The SMILES string of the molecule is O=C(NC1CCOC1)c1cc(Cl)[nH]n1. The Bertz CT molecular complexity index is 333. The first-order valence-corrected chi connectivity index (χ1v) is 4.73. The van der Waals surface area contributed by atoms with Gasteiger partial charge in [-0.1, -0.05) is 11.6 Å². The molecule has 6 heteroatoms. The maximum Gasteiger partial charge on any atom is 0.272 e. The number of carbonyl (C=O) groups is 1. The fraction of sp³-hybridized carbons (Fsp3) is 0.500. The van der Waals surface area contributed by atoms with Gasteiger partial charge < -0.3 is 10.1 Å². The van der Waals surface area contributed by atoms with Gasteiger partial charge in [0.05, 0.1) is 12.6 Å². The van der Waals surface area contributed by atoms with Gasteiger partial charge in [-0.3, -0.25) is 9.89 Å². The molecule has 1 unspecified atom stereocenters. The van der Waals surface area contributed by atoms with Crippen LogP contribution >= 0.6 is 11.6 Å². The minimum absolute atomic E-state index is 0.0953. The number of halogens is 1. The van der Waals surface area contributed by atoms with Crippen molar-refractivity contribution in [2.75, 3.05) is 13.2 Å². The van der Waals surface area contributed by atoms with Crippen LogP contribution in [0.25, 0.3) is 0 Å². The summed E-state index contributed by atoms with van der Waals surface area (Å²) in [6, 6.07) is 1.59. The van der Waals surface area contributed by atoms with Gasteiger partial charge >= 0.3 is 0 Å². The lowest BCUT2D eigenvalue weighted by atomic mass is 10.2. The highest BCUT2D eigenvalue weighted by Gasteiger charge is 2.19. The summed E-state index contributed by atoms with van der Waals surface area (Å²) in [5, 5.41) is 9.41. The Labute approximate surface area is 85.8 Å². The first kappa shape index (κ1) is 9.48. The smallest absolute Gasteiger partial charge is 0.272 e. The number of aromatic nitrogens is 2. The van der Waals surface area contributed by atoms with Crippen molar-refractivity contribution < 1.29 is 9.53 Å². The molecule has 1 atom stereocenters. The highest BCUT2D eigenvalue weighted by molar-refractivity contribution is 6.29. The van der Waals surface area contributed by atoms with Gasteiger partial charge in [-0.15, -0.1) is 0 Å². The van der Waals surface area contributed by atoms with E-state index in [0.717, 1.165) is 6.42 Å². The van der Waals surface area contributed by atoms with E-state index in [9.17, 15) is 4.79 Å². The van der Waals surface area contributed by atoms with Crippen LogP contribution < -0.4 is 5.32 Å². The molecule has 1 fully saturated rings. The predicted octanol–water partition coefficient (Wildman–Crippen LogP) is 0.582. The van der Waals surface area contributed by atoms with Crippen LogP contribution in [0.4, 0.5) is 0 Å². The normalized spacial score (nSPS) is 21.1. The first-order valence-electron chi connectivity index (χ1n) is 4.35. The Hall–Kier alpha value is -1.07. The molecule has 0 radical (unpaired) electrons. The molecule has 0 aromatic carbocycles. The van der Waals surface area contributed by atoms with Crippen molar-refractivity contribution in [1.82, 2.24) is 15.5 Å². The van der Waals surface area contributed by atoms with Gasteiger partial charge in [0.25, 0.3) is 5.91 Å². The van der Waals surface area contributed by atoms with Crippen LogP contribution in [0.2, 0.25) is 5.15 Å². The Morgan fingerprint density at radius 1 is 1.79 bits per heavy atom. The molecule has 1 aromatic rings. The number of amides is 1. The Balaban J connectivity index is 1.95. The van der Waals surface area contributed by atoms with E-state index in [4.69, 9.17) is 16.3 Å². The molecule has 1 amide bonds. The van der Waals surface area contributed by atoms with E-state index in [1.165, 1.54) is 6.07 Å². The van der Waals surface area contributed by atoms with Crippen LogP contribution in [0.15, 0.2) is 6.07 Å². The lowest BCUT2D eigenvalue weighted by Crippen LogP contribution is -2.35. The quantitative estimate of drug-likeness (QED) is 0.759.